The molecular weight excluding hydrogens is 577 g/mol. The van der Waals surface area contributed by atoms with Crippen molar-refractivity contribution in [2.24, 2.45) is 0 Å². The standard InChI is InChI=1S/C32H23Cl2F4NO2/c33-26-15-23(16-27(34)29(26)35)25(32(36,37)38)17-28(40)20-11-13-24(14-12-20)31(41)18-39(19-31)30(21-7-3-1-4-8-21)22-9-5-2-6-10-22/h1-17,30,41H,18-19H2. The molecule has 9 heteroatoms. The third kappa shape index (κ3) is 6.09. The molecule has 3 nitrogen and oxygen atoms in total. The molecule has 1 heterocycles. The molecule has 1 aliphatic heterocycles. The number of benzene rings is 4. The van der Waals surface area contributed by atoms with Crippen LogP contribution in [0.2, 0.25) is 10.0 Å². The minimum absolute atomic E-state index is 0.0129. The zero-order valence-corrected chi connectivity index (χ0v) is 22.9. The van der Waals surface area contributed by atoms with Crippen molar-refractivity contribution >= 4 is 34.6 Å². The average molecular weight is 600 g/mol. The molecule has 0 amide bonds. The minimum atomic E-state index is -4.93. The molecular formula is C32H23Cl2F4NO2. The van der Waals surface area contributed by atoms with Crippen molar-refractivity contribution in [1.29, 1.82) is 0 Å². The molecule has 0 bridgehead atoms. The molecule has 5 rings (SSSR count). The van der Waals surface area contributed by atoms with Crippen LogP contribution in [0.4, 0.5) is 17.6 Å². The van der Waals surface area contributed by atoms with Gasteiger partial charge in [0.15, 0.2) is 11.6 Å². The minimum Gasteiger partial charge on any atom is -0.382 e. The molecule has 210 valence electrons. The Kier molecular flexibility index (Phi) is 8.08. The average Bonchev–Trinajstić information content (AvgIpc) is 2.94. The molecule has 4 aromatic carbocycles. The molecule has 4 aromatic rings. The Bertz CT molecular complexity index is 1520. The molecule has 41 heavy (non-hydrogen) atoms. The van der Waals surface area contributed by atoms with Gasteiger partial charge in [0, 0.05) is 18.7 Å². The summed E-state index contributed by atoms with van der Waals surface area (Å²) in [6.45, 7) is 0.637. The zero-order valence-electron chi connectivity index (χ0n) is 21.4. The highest BCUT2D eigenvalue weighted by Gasteiger charge is 2.46. The summed E-state index contributed by atoms with van der Waals surface area (Å²) >= 11 is 11.4. The van der Waals surface area contributed by atoms with Crippen LogP contribution < -0.4 is 0 Å². The summed E-state index contributed by atoms with van der Waals surface area (Å²) in [6.07, 6.45) is -4.50. The van der Waals surface area contributed by atoms with E-state index in [1.165, 1.54) is 24.3 Å². The van der Waals surface area contributed by atoms with Crippen molar-refractivity contribution in [3.63, 3.8) is 0 Å². The molecule has 1 fully saturated rings. The molecule has 0 spiro atoms. The van der Waals surface area contributed by atoms with Crippen LogP contribution in [0.5, 0.6) is 0 Å². The maximum atomic E-state index is 13.8. The number of hydrogen-bond acceptors (Lipinski definition) is 3. The first kappa shape index (κ1) is 29.0. The van der Waals surface area contributed by atoms with E-state index in [0.29, 0.717) is 24.7 Å². The van der Waals surface area contributed by atoms with Crippen molar-refractivity contribution in [3.05, 3.63) is 147 Å². The summed E-state index contributed by atoms with van der Waals surface area (Å²) in [7, 11) is 0. The van der Waals surface area contributed by atoms with E-state index < -0.39 is 44.6 Å². The Morgan fingerprint density at radius 1 is 0.829 bits per heavy atom. The Morgan fingerprint density at radius 2 is 1.32 bits per heavy atom. The van der Waals surface area contributed by atoms with E-state index in [9.17, 15) is 27.5 Å². The van der Waals surface area contributed by atoms with Gasteiger partial charge in [-0.15, -0.1) is 0 Å². The van der Waals surface area contributed by atoms with Crippen LogP contribution in [0, 0.1) is 5.82 Å². The lowest BCUT2D eigenvalue weighted by Crippen LogP contribution is -2.60. The number of allylic oxidation sites excluding steroid dienone is 2. The second kappa shape index (κ2) is 11.4. The summed E-state index contributed by atoms with van der Waals surface area (Å²) in [5, 5.41) is 10.2. The molecule has 0 aliphatic carbocycles. The molecule has 0 radical (unpaired) electrons. The van der Waals surface area contributed by atoms with E-state index in [2.05, 4.69) is 4.90 Å². The number of halogens is 6. The van der Waals surface area contributed by atoms with Crippen LogP contribution >= 0.6 is 23.2 Å². The quantitative estimate of drug-likeness (QED) is 0.101. The molecule has 0 unspecified atom stereocenters. The number of aliphatic hydroxyl groups is 1. The van der Waals surface area contributed by atoms with Gasteiger partial charge in [-0.05, 0) is 40.5 Å². The summed E-state index contributed by atoms with van der Waals surface area (Å²) in [4.78, 5) is 15.0. The van der Waals surface area contributed by atoms with Gasteiger partial charge in [-0.1, -0.05) is 108 Å². The third-order valence-electron chi connectivity index (χ3n) is 7.11. The Morgan fingerprint density at radius 3 is 1.78 bits per heavy atom. The zero-order chi connectivity index (χ0) is 29.4. The van der Waals surface area contributed by atoms with Crippen molar-refractivity contribution in [2.75, 3.05) is 13.1 Å². The van der Waals surface area contributed by atoms with Gasteiger partial charge in [-0.25, -0.2) is 4.39 Å². The van der Waals surface area contributed by atoms with Crippen molar-refractivity contribution in [2.45, 2.75) is 17.8 Å². The summed E-state index contributed by atoms with van der Waals surface area (Å²) in [5.74, 6) is -1.97. The van der Waals surface area contributed by atoms with Gasteiger partial charge in [-0.2, -0.15) is 13.2 Å². The number of ketones is 1. The summed E-state index contributed by atoms with van der Waals surface area (Å²) < 4.78 is 55.2. The number of likely N-dealkylation sites (tertiary alicyclic amines) is 1. The summed E-state index contributed by atoms with van der Waals surface area (Å²) in [6, 6.07) is 27.2. The largest absolute Gasteiger partial charge is 0.417 e. The van der Waals surface area contributed by atoms with E-state index >= 15 is 0 Å². The van der Waals surface area contributed by atoms with E-state index in [0.717, 1.165) is 23.3 Å². The van der Waals surface area contributed by atoms with Crippen LogP contribution in [0.3, 0.4) is 0 Å². The fraction of sp³-hybridized carbons (Fsp3) is 0.156. The smallest absolute Gasteiger partial charge is 0.382 e. The highest BCUT2D eigenvalue weighted by Crippen LogP contribution is 2.41. The van der Waals surface area contributed by atoms with Crippen LogP contribution in [-0.2, 0) is 5.60 Å². The molecule has 1 N–H and O–H groups in total. The van der Waals surface area contributed by atoms with E-state index in [4.69, 9.17) is 23.2 Å². The topological polar surface area (TPSA) is 40.5 Å². The van der Waals surface area contributed by atoms with Crippen molar-refractivity contribution in [3.8, 4) is 0 Å². The van der Waals surface area contributed by atoms with Crippen LogP contribution in [0.1, 0.15) is 38.7 Å². The Hall–Kier alpha value is -3.49. The number of hydrogen-bond donors (Lipinski definition) is 1. The molecule has 1 aliphatic rings. The van der Waals surface area contributed by atoms with Crippen LogP contribution in [0.25, 0.3) is 5.57 Å². The van der Waals surface area contributed by atoms with E-state index in [-0.39, 0.29) is 11.6 Å². The summed E-state index contributed by atoms with van der Waals surface area (Å²) in [5.41, 5.74) is -0.345. The monoisotopic (exact) mass is 599 g/mol. The van der Waals surface area contributed by atoms with E-state index in [1.807, 2.05) is 60.7 Å². The lowest BCUT2D eigenvalue weighted by Gasteiger charge is -2.50. The number of carbonyl (C=O) groups excluding carboxylic acids is 1. The lowest BCUT2D eigenvalue weighted by molar-refractivity contribution is -0.116. The van der Waals surface area contributed by atoms with Gasteiger partial charge in [0.05, 0.1) is 21.7 Å². The molecule has 0 aromatic heterocycles. The number of β-amino-alcohol motifs (C(OH)–C–C–N with tert-alkyl or cyclic N) is 1. The SMILES string of the molecule is O=C(C=C(c1cc(Cl)c(F)c(Cl)c1)C(F)(F)F)c1ccc(C2(O)CN(C(c3ccccc3)c3ccccc3)C2)cc1. The number of carbonyl (C=O) groups is 1. The second-order valence-corrected chi connectivity index (χ2v) is 10.7. The normalized spacial score (nSPS) is 15.6. The maximum Gasteiger partial charge on any atom is 0.417 e. The Balaban J connectivity index is 1.36. The van der Waals surface area contributed by atoms with Gasteiger partial charge < -0.3 is 5.11 Å². The molecule has 0 saturated carbocycles. The van der Waals surface area contributed by atoms with Gasteiger partial charge >= 0.3 is 6.18 Å². The number of alkyl halides is 3. The highest BCUT2D eigenvalue weighted by molar-refractivity contribution is 6.35. The third-order valence-corrected chi connectivity index (χ3v) is 7.66. The predicted octanol–water partition coefficient (Wildman–Crippen LogP) is 8.25. The molecule has 0 atom stereocenters. The first-order valence-corrected chi connectivity index (χ1v) is 13.4. The fourth-order valence-corrected chi connectivity index (χ4v) is 5.56. The van der Waals surface area contributed by atoms with Gasteiger partial charge in [0.1, 0.15) is 5.60 Å². The number of nitrogens with zero attached hydrogens (tertiary/aromatic N) is 1. The first-order valence-electron chi connectivity index (χ1n) is 12.6. The van der Waals surface area contributed by atoms with Gasteiger partial charge in [-0.3, -0.25) is 9.69 Å². The van der Waals surface area contributed by atoms with Gasteiger partial charge in [0.25, 0.3) is 0 Å². The molecule has 1 saturated heterocycles. The van der Waals surface area contributed by atoms with Crippen LogP contribution in [-0.4, -0.2) is 35.1 Å². The number of rotatable bonds is 7. The second-order valence-electron chi connectivity index (χ2n) is 9.91. The van der Waals surface area contributed by atoms with E-state index in [1.54, 1.807) is 0 Å². The predicted molar refractivity (Wildman–Crippen MR) is 151 cm³/mol. The first-order chi connectivity index (χ1) is 19.5. The maximum absolute atomic E-state index is 13.8. The van der Waals surface area contributed by atoms with Crippen LogP contribution in [0.15, 0.2) is 103 Å². The Labute approximate surface area is 244 Å². The van der Waals surface area contributed by atoms with Gasteiger partial charge in [0.2, 0.25) is 0 Å². The highest BCUT2D eigenvalue weighted by atomic mass is 35.5. The fourth-order valence-electron chi connectivity index (χ4n) is 5.07. The lowest BCUT2D eigenvalue weighted by atomic mass is 9.82. The van der Waals surface area contributed by atoms with Crippen molar-refractivity contribution in [1.82, 2.24) is 4.90 Å². The van der Waals surface area contributed by atoms with Crippen molar-refractivity contribution < 1.29 is 27.5 Å².